The van der Waals surface area contributed by atoms with E-state index in [4.69, 9.17) is 46.4 Å². The van der Waals surface area contributed by atoms with Crippen molar-refractivity contribution in [2.75, 3.05) is 21.5 Å². The molecule has 4 aromatic rings. The Morgan fingerprint density at radius 2 is 0.883 bits per heavy atom. The average Bonchev–Trinajstić information content (AvgIpc) is 3.14. The first-order chi connectivity index (χ1) is 28.0. The summed E-state index contributed by atoms with van der Waals surface area (Å²) in [5, 5.41) is 29.9. The Morgan fingerprint density at radius 1 is 0.550 bits per heavy atom. The highest BCUT2D eigenvalue weighted by Gasteiger charge is 2.35. The maximum Gasteiger partial charge on any atom is 0.335 e. The quantitative estimate of drug-likeness (QED) is 0.0579. The van der Waals surface area contributed by atoms with Gasteiger partial charge in [0.15, 0.2) is 11.4 Å². The number of hydrogen-bond acceptors (Lipinski definition) is 13. The van der Waals surface area contributed by atoms with Crippen LogP contribution >= 0.6 is 46.4 Å². The summed E-state index contributed by atoms with van der Waals surface area (Å²) in [4.78, 5) is 60.6. The third-order valence-corrected chi connectivity index (χ3v) is 11.2. The van der Waals surface area contributed by atoms with Crippen LogP contribution in [0.2, 0.25) is 20.1 Å². The molecule has 6 rings (SSSR count). The number of carboxylic acids is 2. The Balaban J connectivity index is 1.23. The van der Waals surface area contributed by atoms with Crippen molar-refractivity contribution >= 4 is 143 Å². The zero-order chi connectivity index (χ0) is 44.0. The molecule has 2 amide bonds. The van der Waals surface area contributed by atoms with E-state index in [0.29, 0.717) is 0 Å². The van der Waals surface area contributed by atoms with Gasteiger partial charge >= 0.3 is 18.0 Å². The molecule has 308 valence electrons. The minimum atomic E-state index is -5.12. The van der Waals surface area contributed by atoms with Crippen LogP contribution in [0.15, 0.2) is 80.7 Å². The average molecular weight is 939 g/mol. The number of anilines is 4. The maximum absolute atomic E-state index is 13.4. The number of hydrogen-bond donors (Lipinski definition) is 8. The summed E-state index contributed by atoms with van der Waals surface area (Å²) in [6, 6.07) is 10.6. The number of carboxylic acid groups (broad SMARTS) is 2. The number of rotatable bonds is 10. The molecule has 0 fully saturated rings. The van der Waals surface area contributed by atoms with Gasteiger partial charge in [-0.3, -0.25) is 29.5 Å². The minimum Gasteiger partial charge on any atom is -0.478 e. The molecule has 2 aliphatic rings. The minimum absolute atomic E-state index is 0.00781. The predicted octanol–water partition coefficient (Wildman–Crippen LogP) is 7.13. The second-order valence-electron chi connectivity index (χ2n) is 12.2. The lowest BCUT2D eigenvalue weighted by atomic mass is 9.94. The van der Waals surface area contributed by atoms with Crippen LogP contribution in [0.4, 0.5) is 27.5 Å². The van der Waals surface area contributed by atoms with Crippen LogP contribution in [-0.2, 0) is 20.2 Å². The summed E-state index contributed by atoms with van der Waals surface area (Å²) in [5.74, 6) is -4.68. The Morgan fingerprint density at radius 3 is 1.18 bits per heavy atom. The Bertz CT molecular complexity index is 2760. The van der Waals surface area contributed by atoms with Crippen LogP contribution in [-0.4, -0.2) is 77.1 Å². The molecule has 19 nitrogen and oxygen atoms in total. The van der Waals surface area contributed by atoms with Gasteiger partial charge in [0, 0.05) is 22.5 Å². The topological polar surface area (TPSA) is 307 Å². The highest BCUT2D eigenvalue weighted by atomic mass is 35.5. The van der Waals surface area contributed by atoms with E-state index in [1.54, 1.807) is 0 Å². The number of benzene rings is 4. The Labute approximate surface area is 356 Å². The lowest BCUT2D eigenvalue weighted by Crippen LogP contribution is -2.27. The van der Waals surface area contributed by atoms with E-state index in [2.05, 4.69) is 31.7 Å². The van der Waals surface area contributed by atoms with Crippen molar-refractivity contribution in [2.45, 2.75) is 0 Å². The molecule has 0 spiro atoms. The molecule has 0 radical (unpaired) electrons. The van der Waals surface area contributed by atoms with Crippen LogP contribution in [0, 0.1) is 0 Å². The Hall–Kier alpha value is -6.17. The molecule has 0 aromatic heterocycles. The summed E-state index contributed by atoms with van der Waals surface area (Å²) in [6.07, 6.45) is 1.80. The normalized spacial score (nSPS) is 15.1. The van der Waals surface area contributed by atoms with E-state index in [1.807, 2.05) is 0 Å². The number of hydrazone groups is 2. The molecular weight excluding hydrogens is 918 g/mol. The first kappa shape index (κ1) is 43.4. The monoisotopic (exact) mass is 936 g/mol. The van der Waals surface area contributed by atoms with Crippen LogP contribution in [0.5, 0.6) is 0 Å². The Kier molecular flexibility index (Phi) is 11.9. The van der Waals surface area contributed by atoms with Crippen LogP contribution < -0.4 is 21.5 Å². The number of nitrogens with one attached hydrogen (secondary N) is 4. The number of carbonyl (C=O) groups excluding carboxylic acids is 3. The van der Waals surface area contributed by atoms with Crippen molar-refractivity contribution in [1.29, 1.82) is 0 Å². The second-order valence-corrected chi connectivity index (χ2v) is 16.6. The van der Waals surface area contributed by atoms with Crippen LogP contribution in [0.25, 0.3) is 12.2 Å². The fourth-order valence-electron chi connectivity index (χ4n) is 5.56. The second kappa shape index (κ2) is 16.5. The van der Waals surface area contributed by atoms with Gasteiger partial charge in [-0.15, -0.1) is 0 Å². The van der Waals surface area contributed by atoms with Gasteiger partial charge in [0.05, 0.1) is 42.6 Å². The summed E-state index contributed by atoms with van der Waals surface area (Å²) < 4.78 is 69.4. The largest absolute Gasteiger partial charge is 0.478 e. The van der Waals surface area contributed by atoms with Gasteiger partial charge in [0.25, 0.3) is 20.2 Å². The van der Waals surface area contributed by atoms with Crippen molar-refractivity contribution in [2.24, 2.45) is 10.2 Å². The van der Waals surface area contributed by atoms with Crippen molar-refractivity contribution in [3.63, 3.8) is 0 Å². The number of halogens is 4. The first-order valence-corrected chi connectivity index (χ1v) is 20.4. The molecule has 0 bridgehead atoms. The van der Waals surface area contributed by atoms with Gasteiger partial charge in [-0.1, -0.05) is 46.4 Å². The summed E-state index contributed by atoms with van der Waals surface area (Å²) >= 11 is 24.4. The van der Waals surface area contributed by atoms with E-state index in [-0.39, 0.29) is 76.2 Å². The summed E-state index contributed by atoms with van der Waals surface area (Å²) in [7, 11) is -10.2. The SMILES string of the molecule is O=C(Nc1ccc2c(c1)C=C(S(=O)(=O)O)/C(=N/Nc1c(Cl)cc(C(=O)O)cc1Cl)C2=O)Nc1ccc2c(c1)C=C(S(=O)(=O)O)/C(=N/Nc1c(Cl)cc(C(=O)O)cc1Cl)C2=O. The zero-order valence-corrected chi connectivity index (χ0v) is 33.8. The molecule has 0 saturated carbocycles. The van der Waals surface area contributed by atoms with E-state index < -0.39 is 71.0 Å². The van der Waals surface area contributed by atoms with E-state index in [9.17, 15) is 60.1 Å². The lowest BCUT2D eigenvalue weighted by molar-refractivity contribution is 0.0686. The molecule has 0 saturated heterocycles. The predicted molar refractivity (Wildman–Crippen MR) is 222 cm³/mol. The van der Waals surface area contributed by atoms with Crippen molar-refractivity contribution in [1.82, 2.24) is 0 Å². The highest BCUT2D eigenvalue weighted by Crippen LogP contribution is 2.35. The number of amides is 2. The number of nitrogens with zero attached hydrogens (tertiary/aromatic N) is 2. The van der Waals surface area contributed by atoms with Crippen molar-refractivity contribution in [3.8, 4) is 0 Å². The van der Waals surface area contributed by atoms with E-state index >= 15 is 0 Å². The summed E-state index contributed by atoms with van der Waals surface area (Å²) in [6.45, 7) is 0. The molecule has 0 atom stereocenters. The standard InChI is InChI=1S/C35H20Cl4N6O13S2/c36-21-7-15(33(48)49)8-22(37)27(21)42-44-29-25(59(53,54)55)11-13-5-17(1-3-19(13)31(29)46)40-35(52)41-18-2-4-20-14(6-18)12-26(60(56,57)58)30(32(20)47)45-43-28-23(38)9-16(34(50)51)10-24(28)39/h1-12,42-43H,(H,48,49)(H,50,51)(H2,40,41,52)(H,53,54,55)(H,56,57,58)/b44-29-,45-30-. The lowest BCUT2D eigenvalue weighted by Gasteiger charge is -2.18. The van der Waals surface area contributed by atoms with Crippen molar-refractivity contribution < 1.29 is 60.1 Å². The molecule has 0 heterocycles. The molecule has 60 heavy (non-hydrogen) atoms. The fraction of sp³-hybridized carbons (Fsp3) is 0. The molecule has 4 aromatic carbocycles. The number of urea groups is 1. The van der Waals surface area contributed by atoms with Gasteiger partial charge in [-0.05, 0) is 83.9 Å². The van der Waals surface area contributed by atoms with Gasteiger partial charge in [0.1, 0.15) is 9.81 Å². The third kappa shape index (κ3) is 9.02. The molecule has 25 heteroatoms. The van der Waals surface area contributed by atoms with E-state index in [1.165, 1.54) is 36.4 Å². The number of ketones is 2. The van der Waals surface area contributed by atoms with Crippen LogP contribution in [0.1, 0.15) is 52.6 Å². The number of fused-ring (bicyclic) bond motifs is 2. The molecule has 2 aliphatic carbocycles. The first-order valence-electron chi connectivity index (χ1n) is 16.0. The number of Topliss-reactive ketones (excluding diaryl/α,β-unsaturated/α-hetero) is 2. The maximum atomic E-state index is 13.4. The third-order valence-electron chi connectivity index (χ3n) is 8.27. The smallest absolute Gasteiger partial charge is 0.335 e. The molecule has 0 aliphatic heterocycles. The molecular formula is C35H20Cl4N6O13S2. The van der Waals surface area contributed by atoms with Crippen molar-refractivity contribution in [3.05, 3.63) is 124 Å². The van der Waals surface area contributed by atoms with Gasteiger partial charge in [-0.2, -0.15) is 27.0 Å². The fourth-order valence-corrected chi connectivity index (χ4v) is 8.02. The van der Waals surface area contributed by atoms with Gasteiger partial charge in [-0.25, -0.2) is 14.4 Å². The number of allylic oxidation sites excluding steroid dienone is 2. The van der Waals surface area contributed by atoms with Gasteiger partial charge < -0.3 is 20.8 Å². The number of aromatic carboxylic acids is 2. The number of carbonyl (C=O) groups is 5. The molecule has 0 unspecified atom stereocenters. The van der Waals surface area contributed by atoms with Gasteiger partial charge in [0.2, 0.25) is 11.6 Å². The van der Waals surface area contributed by atoms with E-state index in [0.717, 1.165) is 36.4 Å². The van der Waals surface area contributed by atoms with Crippen LogP contribution in [0.3, 0.4) is 0 Å². The molecule has 8 N–H and O–H groups in total. The zero-order valence-electron chi connectivity index (χ0n) is 29.1. The summed E-state index contributed by atoms with van der Waals surface area (Å²) in [5.41, 5.74) is 1.81. The highest BCUT2D eigenvalue weighted by molar-refractivity contribution is 7.91.